The fourth-order valence-electron chi connectivity index (χ4n) is 2.47. The molecule has 5 heteroatoms. The van der Waals surface area contributed by atoms with Crippen LogP contribution in [-0.4, -0.2) is 5.78 Å². The van der Waals surface area contributed by atoms with Gasteiger partial charge in [-0.3, -0.25) is 4.79 Å². The first kappa shape index (κ1) is 18.2. The number of benzene rings is 2. The number of anilines is 1. The van der Waals surface area contributed by atoms with E-state index < -0.39 is 0 Å². The Labute approximate surface area is 156 Å². The Morgan fingerprint density at radius 1 is 1.00 bits per heavy atom. The van der Waals surface area contributed by atoms with Crippen LogP contribution in [0, 0.1) is 0 Å². The van der Waals surface area contributed by atoms with Crippen molar-refractivity contribution in [2.45, 2.75) is 6.54 Å². The Morgan fingerprint density at radius 2 is 1.71 bits per heavy atom. The first-order chi connectivity index (χ1) is 11.1. The van der Waals surface area contributed by atoms with Crippen LogP contribution in [0.25, 0.3) is 0 Å². The van der Waals surface area contributed by atoms with E-state index in [1.807, 2.05) is 53.4 Å². The lowest BCUT2D eigenvalue weighted by Gasteiger charge is -2.07. The smallest absolute Gasteiger partial charge is 0.193 e. The number of rotatable bonds is 4. The van der Waals surface area contributed by atoms with E-state index in [9.17, 15) is 4.79 Å². The molecule has 1 aromatic heterocycles. The summed E-state index contributed by atoms with van der Waals surface area (Å²) in [5.41, 5.74) is 8.76. The van der Waals surface area contributed by atoms with Crippen molar-refractivity contribution >= 4 is 23.1 Å². The number of pyridine rings is 1. The standard InChI is InChI=1S/C19H16ClN2O.BrH/c20-16-9-7-14(8-10-16)19(23)18-6-2-1-4-15(18)12-22-11-3-5-17(21)13-22;/h1-11,13H,12,21H2;1H/q+1;/p-1. The normalized spacial score (nSPS) is 10.0. The highest BCUT2D eigenvalue weighted by atomic mass is 79.9. The second-order valence-corrected chi connectivity index (χ2v) is 5.74. The summed E-state index contributed by atoms with van der Waals surface area (Å²) >= 11 is 5.89. The van der Waals surface area contributed by atoms with Crippen molar-refractivity contribution in [3.63, 3.8) is 0 Å². The molecule has 122 valence electrons. The number of nitrogen functional groups attached to an aromatic ring is 1. The van der Waals surface area contributed by atoms with Crippen molar-refractivity contribution in [1.82, 2.24) is 0 Å². The minimum absolute atomic E-state index is 0. The lowest BCUT2D eigenvalue weighted by Crippen LogP contribution is -3.00. The van der Waals surface area contributed by atoms with E-state index in [0.29, 0.717) is 28.4 Å². The van der Waals surface area contributed by atoms with E-state index in [1.54, 1.807) is 24.3 Å². The number of carbonyl (C=O) groups excluding carboxylic acids is 1. The Kier molecular flexibility index (Phi) is 6.12. The quantitative estimate of drug-likeness (QED) is 0.509. The van der Waals surface area contributed by atoms with Crippen LogP contribution in [0.3, 0.4) is 0 Å². The second-order valence-electron chi connectivity index (χ2n) is 5.30. The second kappa shape index (κ2) is 8.08. The van der Waals surface area contributed by atoms with Crippen LogP contribution in [0.5, 0.6) is 0 Å². The zero-order valence-corrected chi connectivity index (χ0v) is 15.2. The molecule has 0 bridgehead atoms. The highest BCUT2D eigenvalue weighted by molar-refractivity contribution is 6.30. The Balaban J connectivity index is 0.00000208. The molecule has 0 aliphatic rings. The zero-order valence-electron chi connectivity index (χ0n) is 12.8. The number of nitrogens with two attached hydrogens (primary N) is 1. The summed E-state index contributed by atoms with van der Waals surface area (Å²) in [6.45, 7) is 0.584. The maximum absolute atomic E-state index is 12.8. The van der Waals surface area contributed by atoms with Crippen molar-refractivity contribution in [3.05, 3.63) is 94.8 Å². The molecule has 3 rings (SSSR count). The SMILES string of the molecule is Nc1ccc[n+](Cc2ccccc2C(=O)c2ccc(Cl)cc2)c1.[Br-]. The van der Waals surface area contributed by atoms with Crippen LogP contribution in [0.1, 0.15) is 21.5 Å². The van der Waals surface area contributed by atoms with Gasteiger partial charge in [-0.25, -0.2) is 0 Å². The lowest BCUT2D eigenvalue weighted by atomic mass is 9.98. The molecule has 0 saturated carbocycles. The van der Waals surface area contributed by atoms with Gasteiger partial charge in [-0.2, -0.15) is 4.57 Å². The molecule has 2 aromatic carbocycles. The van der Waals surface area contributed by atoms with Gasteiger partial charge in [0.15, 0.2) is 24.7 Å². The molecule has 3 nitrogen and oxygen atoms in total. The Morgan fingerprint density at radius 3 is 2.42 bits per heavy atom. The number of hydrogen-bond donors (Lipinski definition) is 1. The van der Waals surface area contributed by atoms with E-state index >= 15 is 0 Å². The molecule has 0 unspecified atom stereocenters. The minimum atomic E-state index is -0.0123. The first-order valence-electron chi connectivity index (χ1n) is 7.26. The zero-order chi connectivity index (χ0) is 16.2. The molecule has 0 saturated heterocycles. The molecule has 0 aliphatic carbocycles. The van der Waals surface area contributed by atoms with E-state index in [-0.39, 0.29) is 22.8 Å². The van der Waals surface area contributed by atoms with Gasteiger partial charge in [0.2, 0.25) is 0 Å². The topological polar surface area (TPSA) is 47.0 Å². The number of halogens is 2. The van der Waals surface area contributed by atoms with E-state index in [2.05, 4.69) is 0 Å². The number of hydrogen-bond acceptors (Lipinski definition) is 2. The molecule has 0 atom stereocenters. The third-order valence-corrected chi connectivity index (χ3v) is 3.85. The van der Waals surface area contributed by atoms with Crippen LogP contribution < -0.4 is 27.3 Å². The average Bonchev–Trinajstić information content (AvgIpc) is 2.55. The highest BCUT2D eigenvalue weighted by Gasteiger charge is 2.15. The molecule has 24 heavy (non-hydrogen) atoms. The van der Waals surface area contributed by atoms with Crippen LogP contribution >= 0.6 is 11.6 Å². The third kappa shape index (κ3) is 4.22. The van der Waals surface area contributed by atoms with Crippen LogP contribution in [0.15, 0.2) is 73.1 Å². The predicted octanol–water partition coefficient (Wildman–Crippen LogP) is 0.493. The fourth-order valence-corrected chi connectivity index (χ4v) is 2.60. The summed E-state index contributed by atoms with van der Waals surface area (Å²) < 4.78 is 1.96. The molecule has 0 spiro atoms. The van der Waals surface area contributed by atoms with Crippen molar-refractivity contribution in [1.29, 1.82) is 0 Å². The van der Waals surface area contributed by atoms with E-state index in [4.69, 9.17) is 17.3 Å². The van der Waals surface area contributed by atoms with Crippen molar-refractivity contribution in [2.75, 3.05) is 5.73 Å². The third-order valence-electron chi connectivity index (χ3n) is 3.60. The van der Waals surface area contributed by atoms with Gasteiger partial charge in [0, 0.05) is 27.8 Å². The molecule has 0 fully saturated rings. The lowest BCUT2D eigenvalue weighted by molar-refractivity contribution is -0.687. The van der Waals surface area contributed by atoms with Gasteiger partial charge in [0.1, 0.15) is 0 Å². The summed E-state index contributed by atoms with van der Waals surface area (Å²) in [5.74, 6) is -0.0123. The summed E-state index contributed by atoms with van der Waals surface area (Å²) in [5, 5.41) is 0.616. The maximum Gasteiger partial charge on any atom is 0.193 e. The molecular formula is C19H16BrClN2O. The molecule has 0 amide bonds. The van der Waals surface area contributed by atoms with Gasteiger partial charge >= 0.3 is 0 Å². The van der Waals surface area contributed by atoms with Crippen molar-refractivity contribution in [3.8, 4) is 0 Å². The van der Waals surface area contributed by atoms with Gasteiger partial charge < -0.3 is 22.7 Å². The largest absolute Gasteiger partial charge is 1.00 e. The summed E-state index contributed by atoms with van der Waals surface area (Å²) in [6.07, 6.45) is 3.78. The van der Waals surface area contributed by atoms with Gasteiger partial charge in [-0.05, 0) is 30.3 Å². The van der Waals surface area contributed by atoms with Crippen molar-refractivity contribution in [2.24, 2.45) is 0 Å². The number of aromatic nitrogens is 1. The minimum Gasteiger partial charge on any atom is -1.00 e. The molecule has 0 radical (unpaired) electrons. The molecular weight excluding hydrogens is 388 g/mol. The van der Waals surface area contributed by atoms with Gasteiger partial charge in [0.25, 0.3) is 0 Å². The number of carbonyl (C=O) groups is 1. The average molecular weight is 404 g/mol. The highest BCUT2D eigenvalue weighted by Crippen LogP contribution is 2.17. The first-order valence-corrected chi connectivity index (χ1v) is 7.64. The summed E-state index contributed by atoms with van der Waals surface area (Å²) in [7, 11) is 0. The molecule has 1 heterocycles. The van der Waals surface area contributed by atoms with Crippen molar-refractivity contribution < 1.29 is 26.3 Å². The Bertz CT molecular complexity index is 850. The van der Waals surface area contributed by atoms with Crippen LogP contribution in [-0.2, 0) is 6.54 Å². The molecule has 3 aromatic rings. The van der Waals surface area contributed by atoms with Gasteiger partial charge in [-0.1, -0.05) is 35.9 Å². The van der Waals surface area contributed by atoms with E-state index in [0.717, 1.165) is 5.56 Å². The molecule has 2 N–H and O–H groups in total. The summed E-state index contributed by atoms with van der Waals surface area (Å²) in [6, 6.07) is 18.3. The monoisotopic (exact) mass is 402 g/mol. The van der Waals surface area contributed by atoms with E-state index in [1.165, 1.54) is 0 Å². The fraction of sp³-hybridized carbons (Fsp3) is 0.0526. The number of nitrogens with zero attached hydrogens (tertiary/aromatic N) is 1. The van der Waals surface area contributed by atoms with Crippen LogP contribution in [0.4, 0.5) is 5.69 Å². The van der Waals surface area contributed by atoms with Crippen LogP contribution in [0.2, 0.25) is 5.02 Å². The van der Waals surface area contributed by atoms with Gasteiger partial charge in [-0.15, -0.1) is 0 Å². The summed E-state index contributed by atoms with van der Waals surface area (Å²) in [4.78, 5) is 12.8. The van der Waals surface area contributed by atoms with Gasteiger partial charge in [0.05, 0.1) is 5.69 Å². The Hall–Kier alpha value is -2.17. The maximum atomic E-state index is 12.8. The number of ketones is 1. The molecule has 0 aliphatic heterocycles. The predicted molar refractivity (Wildman–Crippen MR) is 91.5 cm³/mol.